The standard InChI is InChI=1S/C19H22N4O3/c1-21-11-15(12-22-6-8-23(9-7-22)18(25)13-24)19(20-21)17-10-14-4-2-3-5-16(14)26-17/h2-5,10-11,24H,6-9,12-13H2,1H3. The molecule has 1 aromatic carbocycles. The second-order valence-corrected chi connectivity index (χ2v) is 6.64. The van der Waals surface area contributed by atoms with Gasteiger partial charge in [0, 0.05) is 56.9 Å². The van der Waals surface area contributed by atoms with Crippen LogP contribution in [-0.2, 0) is 18.4 Å². The van der Waals surface area contributed by atoms with Gasteiger partial charge in [0.2, 0.25) is 5.91 Å². The highest BCUT2D eigenvalue weighted by molar-refractivity contribution is 5.82. The fourth-order valence-corrected chi connectivity index (χ4v) is 3.46. The summed E-state index contributed by atoms with van der Waals surface area (Å²) in [6.45, 7) is 3.17. The van der Waals surface area contributed by atoms with Crippen LogP contribution >= 0.6 is 0 Å². The number of fused-ring (bicyclic) bond motifs is 1. The fourth-order valence-electron chi connectivity index (χ4n) is 3.46. The van der Waals surface area contributed by atoms with Gasteiger partial charge in [-0.15, -0.1) is 0 Å². The lowest BCUT2D eigenvalue weighted by Crippen LogP contribution is -2.49. The number of aliphatic hydroxyl groups is 1. The molecule has 0 spiro atoms. The predicted octanol–water partition coefficient (Wildman–Crippen LogP) is 1.47. The van der Waals surface area contributed by atoms with Crippen LogP contribution in [0.1, 0.15) is 5.56 Å². The summed E-state index contributed by atoms with van der Waals surface area (Å²) in [4.78, 5) is 15.6. The summed E-state index contributed by atoms with van der Waals surface area (Å²) >= 11 is 0. The maximum absolute atomic E-state index is 11.6. The lowest BCUT2D eigenvalue weighted by atomic mass is 10.1. The number of furan rings is 1. The van der Waals surface area contributed by atoms with Crippen molar-refractivity contribution in [3.05, 3.63) is 42.1 Å². The molecule has 3 heterocycles. The Hall–Kier alpha value is -2.64. The zero-order chi connectivity index (χ0) is 18.1. The van der Waals surface area contributed by atoms with E-state index in [9.17, 15) is 4.79 Å². The third-order valence-corrected chi connectivity index (χ3v) is 4.82. The number of aromatic nitrogens is 2. The van der Waals surface area contributed by atoms with Crippen LogP contribution in [0.4, 0.5) is 0 Å². The number of aliphatic hydroxyl groups excluding tert-OH is 1. The molecule has 1 aliphatic rings. The zero-order valence-corrected chi connectivity index (χ0v) is 14.8. The molecule has 1 amide bonds. The predicted molar refractivity (Wildman–Crippen MR) is 97.4 cm³/mol. The van der Waals surface area contributed by atoms with E-state index in [1.165, 1.54) is 0 Å². The van der Waals surface area contributed by atoms with E-state index in [2.05, 4.69) is 10.00 Å². The Morgan fingerprint density at radius 3 is 2.73 bits per heavy atom. The highest BCUT2D eigenvalue weighted by Crippen LogP contribution is 2.29. The van der Waals surface area contributed by atoms with E-state index in [4.69, 9.17) is 9.52 Å². The largest absolute Gasteiger partial charge is 0.454 e. The number of para-hydroxylation sites is 1. The monoisotopic (exact) mass is 354 g/mol. The van der Waals surface area contributed by atoms with E-state index in [0.717, 1.165) is 47.6 Å². The smallest absolute Gasteiger partial charge is 0.248 e. The van der Waals surface area contributed by atoms with Gasteiger partial charge in [-0.25, -0.2) is 0 Å². The molecule has 0 unspecified atom stereocenters. The molecule has 0 bridgehead atoms. The van der Waals surface area contributed by atoms with E-state index < -0.39 is 6.61 Å². The number of hydrogen-bond donors (Lipinski definition) is 1. The van der Waals surface area contributed by atoms with E-state index in [1.54, 1.807) is 4.90 Å². The van der Waals surface area contributed by atoms with Crippen LogP contribution in [-0.4, -0.2) is 63.4 Å². The van der Waals surface area contributed by atoms with Gasteiger partial charge in [0.05, 0.1) is 0 Å². The number of amides is 1. The molecule has 7 nitrogen and oxygen atoms in total. The molecule has 26 heavy (non-hydrogen) atoms. The summed E-state index contributed by atoms with van der Waals surface area (Å²) in [6, 6.07) is 9.97. The number of piperazine rings is 1. The number of benzene rings is 1. The summed E-state index contributed by atoms with van der Waals surface area (Å²) in [6.07, 6.45) is 2.02. The summed E-state index contributed by atoms with van der Waals surface area (Å²) in [5.74, 6) is 0.574. The highest BCUT2D eigenvalue weighted by atomic mass is 16.3. The average molecular weight is 354 g/mol. The molecule has 4 rings (SSSR count). The van der Waals surface area contributed by atoms with Crippen LogP contribution in [0.3, 0.4) is 0 Å². The van der Waals surface area contributed by atoms with Crippen molar-refractivity contribution in [3.8, 4) is 11.5 Å². The van der Waals surface area contributed by atoms with Crippen molar-refractivity contribution in [1.29, 1.82) is 0 Å². The van der Waals surface area contributed by atoms with Crippen molar-refractivity contribution in [1.82, 2.24) is 19.6 Å². The zero-order valence-electron chi connectivity index (χ0n) is 14.8. The number of hydrogen-bond acceptors (Lipinski definition) is 5. The number of aryl methyl sites for hydroxylation is 1. The number of carbonyl (C=O) groups excluding carboxylic acids is 1. The van der Waals surface area contributed by atoms with Gasteiger partial charge in [0.25, 0.3) is 0 Å². The Labute approximate surface area is 151 Å². The molecule has 1 saturated heterocycles. The van der Waals surface area contributed by atoms with Crippen LogP contribution in [0.2, 0.25) is 0 Å². The maximum atomic E-state index is 11.6. The minimum Gasteiger partial charge on any atom is -0.454 e. The first kappa shape index (κ1) is 16.8. The first-order valence-corrected chi connectivity index (χ1v) is 8.76. The van der Waals surface area contributed by atoms with Gasteiger partial charge in [0.1, 0.15) is 17.9 Å². The molecule has 1 fully saturated rings. The van der Waals surface area contributed by atoms with Crippen molar-refractivity contribution in [3.63, 3.8) is 0 Å². The van der Waals surface area contributed by atoms with Crippen LogP contribution < -0.4 is 0 Å². The first-order chi connectivity index (χ1) is 12.6. The molecule has 1 aliphatic heterocycles. The van der Waals surface area contributed by atoms with Crippen LogP contribution in [0.5, 0.6) is 0 Å². The number of nitrogens with zero attached hydrogens (tertiary/aromatic N) is 4. The van der Waals surface area contributed by atoms with Crippen molar-refractivity contribution in [2.45, 2.75) is 6.54 Å². The van der Waals surface area contributed by atoms with E-state index in [-0.39, 0.29) is 5.91 Å². The second-order valence-electron chi connectivity index (χ2n) is 6.64. The molecule has 3 aromatic rings. The Bertz CT molecular complexity index is 889. The van der Waals surface area contributed by atoms with Gasteiger partial charge in [-0.05, 0) is 12.1 Å². The Morgan fingerprint density at radius 1 is 1.23 bits per heavy atom. The second kappa shape index (κ2) is 6.93. The van der Waals surface area contributed by atoms with Gasteiger partial charge < -0.3 is 14.4 Å². The molecule has 2 aromatic heterocycles. The van der Waals surface area contributed by atoms with Gasteiger partial charge in [-0.1, -0.05) is 18.2 Å². The molecule has 0 aliphatic carbocycles. The maximum Gasteiger partial charge on any atom is 0.248 e. The Kier molecular flexibility index (Phi) is 4.48. The summed E-state index contributed by atoms with van der Waals surface area (Å²) in [5, 5.41) is 14.6. The fraction of sp³-hybridized carbons (Fsp3) is 0.368. The summed E-state index contributed by atoms with van der Waals surface area (Å²) in [5.41, 5.74) is 2.82. The topological polar surface area (TPSA) is 74.7 Å². The average Bonchev–Trinajstić information content (AvgIpc) is 3.24. The van der Waals surface area contributed by atoms with Gasteiger partial charge >= 0.3 is 0 Å². The lowest BCUT2D eigenvalue weighted by molar-refractivity contribution is -0.135. The van der Waals surface area contributed by atoms with Crippen molar-refractivity contribution in [2.24, 2.45) is 7.05 Å². The lowest BCUT2D eigenvalue weighted by Gasteiger charge is -2.34. The molecule has 136 valence electrons. The molecule has 0 atom stereocenters. The molecular weight excluding hydrogens is 332 g/mol. The third-order valence-electron chi connectivity index (χ3n) is 4.82. The van der Waals surface area contributed by atoms with Crippen LogP contribution in [0, 0.1) is 0 Å². The number of rotatable bonds is 4. The van der Waals surface area contributed by atoms with Crippen molar-refractivity contribution in [2.75, 3.05) is 32.8 Å². The van der Waals surface area contributed by atoms with Gasteiger partial charge in [-0.2, -0.15) is 5.10 Å². The Morgan fingerprint density at radius 2 is 2.00 bits per heavy atom. The van der Waals surface area contributed by atoms with Crippen molar-refractivity contribution < 1.29 is 14.3 Å². The number of carbonyl (C=O) groups is 1. The summed E-state index contributed by atoms with van der Waals surface area (Å²) in [7, 11) is 1.91. The summed E-state index contributed by atoms with van der Waals surface area (Å²) < 4.78 is 7.79. The highest BCUT2D eigenvalue weighted by Gasteiger charge is 2.23. The first-order valence-electron chi connectivity index (χ1n) is 8.76. The van der Waals surface area contributed by atoms with Gasteiger partial charge in [0.15, 0.2) is 5.76 Å². The van der Waals surface area contributed by atoms with Crippen molar-refractivity contribution >= 4 is 16.9 Å². The van der Waals surface area contributed by atoms with E-state index in [0.29, 0.717) is 13.1 Å². The third kappa shape index (κ3) is 3.23. The molecule has 7 heteroatoms. The van der Waals surface area contributed by atoms with Gasteiger partial charge in [-0.3, -0.25) is 14.4 Å². The Balaban J connectivity index is 1.52. The molecule has 0 radical (unpaired) electrons. The SMILES string of the molecule is Cn1cc(CN2CCN(C(=O)CO)CC2)c(-c2cc3ccccc3o2)n1. The van der Waals surface area contributed by atoms with E-state index >= 15 is 0 Å². The van der Waals surface area contributed by atoms with E-state index in [1.807, 2.05) is 48.3 Å². The molecule has 0 saturated carbocycles. The quantitative estimate of drug-likeness (QED) is 0.768. The molecule has 1 N–H and O–H groups in total. The minimum absolute atomic E-state index is 0.200. The molecular formula is C19H22N4O3. The van der Waals surface area contributed by atoms with Crippen LogP contribution in [0.25, 0.3) is 22.4 Å². The normalized spacial score (nSPS) is 15.7. The minimum atomic E-state index is -0.418. The van der Waals surface area contributed by atoms with Crippen LogP contribution in [0.15, 0.2) is 40.9 Å².